The Morgan fingerprint density at radius 2 is 1.50 bits per heavy atom. The summed E-state index contributed by atoms with van der Waals surface area (Å²) >= 11 is 0. The van der Waals surface area contributed by atoms with Gasteiger partial charge in [0.25, 0.3) is 0 Å². The van der Waals surface area contributed by atoms with E-state index in [0.29, 0.717) is 25.9 Å². The van der Waals surface area contributed by atoms with Gasteiger partial charge in [0.1, 0.15) is 0 Å². The van der Waals surface area contributed by atoms with Crippen molar-refractivity contribution in [2.24, 2.45) is 23.0 Å². The normalized spacial score (nSPS) is 19.0. The van der Waals surface area contributed by atoms with Crippen molar-refractivity contribution in [2.45, 2.75) is 52.9 Å². The zero-order valence-electron chi connectivity index (χ0n) is 19.7. The third-order valence-corrected chi connectivity index (χ3v) is 6.72. The van der Waals surface area contributed by atoms with Crippen LogP contribution in [0.15, 0.2) is 24.3 Å². The fourth-order valence-corrected chi connectivity index (χ4v) is 4.55. The van der Waals surface area contributed by atoms with Crippen LogP contribution in [-0.2, 0) is 20.8 Å². The average molecular weight is 443 g/mol. The molecule has 176 valence electrons. The van der Waals surface area contributed by atoms with Crippen LogP contribution in [0.5, 0.6) is 0 Å². The van der Waals surface area contributed by atoms with Crippen LogP contribution in [0.25, 0.3) is 0 Å². The monoisotopic (exact) mass is 442 g/mol. The number of primary amides is 1. The molecule has 32 heavy (non-hydrogen) atoms. The average Bonchev–Trinajstić information content (AvgIpc) is 2.78. The first-order valence-corrected chi connectivity index (χ1v) is 11.8. The maximum Gasteiger partial charge on any atom is 0.227 e. The van der Waals surface area contributed by atoms with Crippen molar-refractivity contribution in [3.05, 3.63) is 29.8 Å². The summed E-state index contributed by atoms with van der Waals surface area (Å²) in [4.78, 5) is 40.6. The molecule has 7 nitrogen and oxygen atoms in total. The minimum atomic E-state index is -0.378. The molecule has 3 rings (SSSR count). The highest BCUT2D eigenvalue weighted by molar-refractivity contribution is 5.92. The number of nitrogens with two attached hydrogens (primary N) is 1. The van der Waals surface area contributed by atoms with Gasteiger partial charge < -0.3 is 20.9 Å². The molecule has 0 aromatic heterocycles. The van der Waals surface area contributed by atoms with Crippen LogP contribution in [-0.4, -0.2) is 60.2 Å². The predicted molar refractivity (Wildman–Crippen MR) is 126 cm³/mol. The molecular weight excluding hydrogens is 404 g/mol. The summed E-state index contributed by atoms with van der Waals surface area (Å²) in [6.07, 6.45) is 4.05. The second-order valence-corrected chi connectivity index (χ2v) is 10.3. The van der Waals surface area contributed by atoms with Gasteiger partial charge in [-0.1, -0.05) is 32.9 Å². The molecule has 0 atom stereocenters. The van der Waals surface area contributed by atoms with E-state index in [1.54, 1.807) is 0 Å². The van der Waals surface area contributed by atoms with Gasteiger partial charge >= 0.3 is 0 Å². The van der Waals surface area contributed by atoms with Gasteiger partial charge in [-0.05, 0) is 62.9 Å². The van der Waals surface area contributed by atoms with Crippen LogP contribution in [0.4, 0.5) is 5.69 Å². The Kier molecular flexibility index (Phi) is 7.93. The van der Waals surface area contributed by atoms with Gasteiger partial charge in [-0.15, -0.1) is 0 Å². The molecule has 2 heterocycles. The van der Waals surface area contributed by atoms with E-state index < -0.39 is 0 Å². The summed E-state index contributed by atoms with van der Waals surface area (Å²) < 4.78 is 0. The zero-order chi connectivity index (χ0) is 23.3. The first-order valence-electron chi connectivity index (χ1n) is 11.8. The minimum Gasteiger partial charge on any atom is -0.369 e. The lowest BCUT2D eigenvalue weighted by molar-refractivity contribution is -0.142. The summed E-state index contributed by atoms with van der Waals surface area (Å²) in [6.45, 7) is 9.89. The van der Waals surface area contributed by atoms with Gasteiger partial charge in [0, 0.05) is 42.6 Å². The third-order valence-electron chi connectivity index (χ3n) is 6.72. The first-order chi connectivity index (χ1) is 15.1. The molecule has 2 aliphatic heterocycles. The molecule has 0 radical (unpaired) electrons. The number of likely N-dealkylation sites (tertiary alicyclic amines) is 2. The number of rotatable bonds is 6. The number of carbonyl (C=O) groups is 3. The van der Waals surface area contributed by atoms with Gasteiger partial charge in [-0.3, -0.25) is 14.4 Å². The van der Waals surface area contributed by atoms with Crippen molar-refractivity contribution < 1.29 is 14.4 Å². The molecule has 2 fully saturated rings. The first kappa shape index (κ1) is 24.2. The summed E-state index contributed by atoms with van der Waals surface area (Å²) in [6, 6.07) is 8.06. The van der Waals surface area contributed by atoms with E-state index in [0.717, 1.165) is 44.6 Å². The van der Waals surface area contributed by atoms with E-state index in [-0.39, 0.29) is 35.0 Å². The molecule has 0 saturated carbocycles. The third kappa shape index (κ3) is 6.55. The van der Waals surface area contributed by atoms with Gasteiger partial charge in [-0.25, -0.2) is 0 Å². The Morgan fingerprint density at radius 3 is 2.03 bits per heavy atom. The van der Waals surface area contributed by atoms with Crippen molar-refractivity contribution in [1.82, 2.24) is 9.80 Å². The van der Waals surface area contributed by atoms with Gasteiger partial charge in [0.05, 0.1) is 0 Å². The summed E-state index contributed by atoms with van der Waals surface area (Å²) in [5, 5.41) is 3.04. The molecule has 3 N–H and O–H groups in total. The highest BCUT2D eigenvalue weighted by Gasteiger charge is 2.32. The van der Waals surface area contributed by atoms with Gasteiger partial charge in [-0.2, -0.15) is 0 Å². The summed E-state index contributed by atoms with van der Waals surface area (Å²) in [5.74, 6) is -0.00395. The second-order valence-electron chi connectivity index (χ2n) is 10.3. The number of carbonyl (C=O) groups excluding carboxylic acids is 3. The number of nitrogens with one attached hydrogen (secondary N) is 1. The molecule has 0 bridgehead atoms. The molecule has 7 heteroatoms. The Balaban J connectivity index is 1.40. The van der Waals surface area contributed by atoms with Crippen LogP contribution < -0.4 is 11.1 Å². The molecule has 1 aromatic carbocycles. The number of anilines is 1. The van der Waals surface area contributed by atoms with E-state index in [9.17, 15) is 14.4 Å². The van der Waals surface area contributed by atoms with Crippen molar-refractivity contribution in [1.29, 1.82) is 0 Å². The molecule has 0 unspecified atom stereocenters. The number of benzene rings is 1. The maximum atomic E-state index is 12.7. The van der Waals surface area contributed by atoms with Crippen LogP contribution in [0.2, 0.25) is 0 Å². The molecule has 3 amide bonds. The largest absolute Gasteiger partial charge is 0.369 e. The highest BCUT2D eigenvalue weighted by Crippen LogP contribution is 2.25. The van der Waals surface area contributed by atoms with Crippen molar-refractivity contribution in [2.75, 3.05) is 38.0 Å². The molecule has 2 aliphatic rings. The van der Waals surface area contributed by atoms with Crippen LogP contribution >= 0.6 is 0 Å². The minimum absolute atomic E-state index is 0.0281. The fourth-order valence-electron chi connectivity index (χ4n) is 4.55. The van der Waals surface area contributed by atoms with E-state index in [1.807, 2.05) is 37.8 Å². The topological polar surface area (TPSA) is 95.7 Å². The van der Waals surface area contributed by atoms with Gasteiger partial charge in [0.15, 0.2) is 0 Å². The van der Waals surface area contributed by atoms with Crippen LogP contribution in [0.3, 0.4) is 0 Å². The standard InChI is InChI=1S/C25H38N4O3/c1-25(2,3)24(32)29-16-11-20(12-17-29)23(31)27-21-6-4-18(5-7-21)8-13-28-14-9-19(10-15-28)22(26)30/h4-7,19-20H,8-17H2,1-3H3,(H2,26,30)(H,27,31). The Morgan fingerprint density at radius 1 is 0.938 bits per heavy atom. The van der Waals surface area contributed by atoms with Crippen LogP contribution in [0, 0.1) is 17.3 Å². The van der Waals surface area contributed by atoms with Crippen molar-refractivity contribution in [3.8, 4) is 0 Å². The Labute approximate surface area is 191 Å². The van der Waals surface area contributed by atoms with E-state index in [4.69, 9.17) is 5.73 Å². The molecule has 0 aliphatic carbocycles. The molecule has 2 saturated heterocycles. The number of hydrogen-bond acceptors (Lipinski definition) is 4. The number of amides is 3. The van der Waals surface area contributed by atoms with Crippen molar-refractivity contribution >= 4 is 23.4 Å². The maximum absolute atomic E-state index is 12.7. The van der Waals surface area contributed by atoms with E-state index >= 15 is 0 Å². The van der Waals surface area contributed by atoms with E-state index in [1.165, 1.54) is 5.56 Å². The Bertz CT molecular complexity index is 799. The number of piperidine rings is 2. The highest BCUT2D eigenvalue weighted by atomic mass is 16.2. The lowest BCUT2D eigenvalue weighted by Gasteiger charge is -2.35. The molecule has 1 aromatic rings. The summed E-state index contributed by atoms with van der Waals surface area (Å²) in [5.41, 5.74) is 7.07. The van der Waals surface area contributed by atoms with Crippen LogP contribution in [0.1, 0.15) is 52.0 Å². The predicted octanol–water partition coefficient (Wildman–Crippen LogP) is 2.65. The number of nitrogens with zero attached hydrogens (tertiary/aromatic N) is 2. The lowest BCUT2D eigenvalue weighted by atomic mass is 9.90. The SMILES string of the molecule is CC(C)(C)C(=O)N1CCC(C(=O)Nc2ccc(CCN3CCC(C(N)=O)CC3)cc2)CC1. The van der Waals surface area contributed by atoms with Gasteiger partial charge in [0.2, 0.25) is 17.7 Å². The molecule has 0 spiro atoms. The van der Waals surface area contributed by atoms with E-state index in [2.05, 4.69) is 22.3 Å². The lowest BCUT2D eigenvalue weighted by Crippen LogP contribution is -2.45. The van der Waals surface area contributed by atoms with Crippen molar-refractivity contribution in [3.63, 3.8) is 0 Å². The Hall–Kier alpha value is -2.41. The summed E-state index contributed by atoms with van der Waals surface area (Å²) in [7, 11) is 0. The quantitative estimate of drug-likeness (QED) is 0.708. The zero-order valence-corrected chi connectivity index (χ0v) is 19.7. The smallest absolute Gasteiger partial charge is 0.227 e. The molecular formula is C25H38N4O3. The second kappa shape index (κ2) is 10.5. The fraction of sp³-hybridized carbons (Fsp3) is 0.640. The number of hydrogen-bond donors (Lipinski definition) is 2.